The molecule has 100 valence electrons. The number of nitrogens with one attached hydrogen (secondary N) is 2. The largest absolute Gasteiger partial charge is 0.381 e. The fourth-order valence-electron chi connectivity index (χ4n) is 2.21. The van der Waals surface area contributed by atoms with Crippen LogP contribution in [0.15, 0.2) is 0 Å². The summed E-state index contributed by atoms with van der Waals surface area (Å²) in [6.45, 7) is 5.38. The van der Waals surface area contributed by atoms with E-state index in [9.17, 15) is 4.79 Å². The minimum absolute atomic E-state index is 0.0718. The molecule has 0 saturated heterocycles. The van der Waals surface area contributed by atoms with Crippen molar-refractivity contribution in [1.29, 1.82) is 0 Å². The standard InChI is InChI=1S/C13H26N2O2/c1-10(2)13(16)15-8-7-14-11-5-4-6-12(9-11)17-3/h10-12,14H,4-9H2,1-3H3,(H,15,16). The van der Waals surface area contributed by atoms with Gasteiger partial charge in [0.2, 0.25) is 5.91 Å². The van der Waals surface area contributed by atoms with Gasteiger partial charge in [-0.2, -0.15) is 0 Å². The lowest BCUT2D eigenvalue weighted by Crippen LogP contribution is -2.41. The average Bonchev–Trinajstić information content (AvgIpc) is 2.34. The molecule has 17 heavy (non-hydrogen) atoms. The Morgan fingerprint density at radius 3 is 2.76 bits per heavy atom. The quantitative estimate of drug-likeness (QED) is 0.690. The second-order valence-electron chi connectivity index (χ2n) is 5.12. The van der Waals surface area contributed by atoms with Crippen LogP contribution >= 0.6 is 0 Å². The zero-order valence-electron chi connectivity index (χ0n) is 11.3. The van der Waals surface area contributed by atoms with Crippen molar-refractivity contribution in [2.24, 2.45) is 5.92 Å². The molecule has 1 aliphatic carbocycles. The van der Waals surface area contributed by atoms with Crippen LogP contribution in [0.5, 0.6) is 0 Å². The average molecular weight is 242 g/mol. The van der Waals surface area contributed by atoms with Gasteiger partial charge in [-0.1, -0.05) is 13.8 Å². The van der Waals surface area contributed by atoms with Gasteiger partial charge in [-0.3, -0.25) is 4.79 Å². The number of carbonyl (C=O) groups is 1. The molecule has 0 aromatic heterocycles. The minimum Gasteiger partial charge on any atom is -0.381 e. The van der Waals surface area contributed by atoms with Gasteiger partial charge in [-0.25, -0.2) is 0 Å². The second kappa shape index (κ2) is 7.67. The summed E-state index contributed by atoms with van der Waals surface area (Å²) >= 11 is 0. The lowest BCUT2D eigenvalue weighted by molar-refractivity contribution is -0.123. The molecule has 0 heterocycles. The monoisotopic (exact) mass is 242 g/mol. The third kappa shape index (κ3) is 5.50. The van der Waals surface area contributed by atoms with Crippen molar-refractivity contribution in [2.45, 2.75) is 51.7 Å². The Balaban J connectivity index is 2.08. The Labute approximate surface area is 104 Å². The maximum atomic E-state index is 11.3. The Morgan fingerprint density at radius 1 is 1.35 bits per heavy atom. The van der Waals surface area contributed by atoms with Crippen LogP contribution in [0.4, 0.5) is 0 Å². The van der Waals surface area contributed by atoms with Crippen molar-refractivity contribution in [2.75, 3.05) is 20.2 Å². The zero-order valence-corrected chi connectivity index (χ0v) is 11.3. The van der Waals surface area contributed by atoms with E-state index in [0.717, 1.165) is 13.0 Å². The van der Waals surface area contributed by atoms with Crippen molar-refractivity contribution < 1.29 is 9.53 Å². The van der Waals surface area contributed by atoms with Crippen LogP contribution in [0, 0.1) is 5.92 Å². The first-order chi connectivity index (χ1) is 8.13. The van der Waals surface area contributed by atoms with E-state index in [1.165, 1.54) is 19.3 Å². The van der Waals surface area contributed by atoms with Gasteiger partial charge >= 0.3 is 0 Å². The highest BCUT2D eigenvalue weighted by molar-refractivity contribution is 5.77. The number of methoxy groups -OCH3 is 1. The van der Waals surface area contributed by atoms with Gasteiger partial charge in [0.25, 0.3) is 0 Å². The van der Waals surface area contributed by atoms with E-state index in [2.05, 4.69) is 10.6 Å². The highest BCUT2D eigenvalue weighted by Crippen LogP contribution is 2.20. The maximum Gasteiger partial charge on any atom is 0.222 e. The first-order valence-corrected chi connectivity index (χ1v) is 6.67. The number of hydrogen-bond acceptors (Lipinski definition) is 3. The summed E-state index contributed by atoms with van der Waals surface area (Å²) < 4.78 is 5.39. The van der Waals surface area contributed by atoms with Crippen molar-refractivity contribution in [3.8, 4) is 0 Å². The summed E-state index contributed by atoms with van der Waals surface area (Å²) in [5.74, 6) is 0.202. The highest BCUT2D eigenvalue weighted by Gasteiger charge is 2.20. The molecule has 1 aliphatic rings. The molecule has 0 bridgehead atoms. The fraction of sp³-hybridized carbons (Fsp3) is 0.923. The number of hydrogen-bond donors (Lipinski definition) is 2. The number of rotatable bonds is 6. The fourth-order valence-corrected chi connectivity index (χ4v) is 2.21. The molecule has 1 saturated carbocycles. The molecule has 0 spiro atoms. The Bertz CT molecular complexity index is 231. The first-order valence-electron chi connectivity index (χ1n) is 6.67. The molecule has 4 heteroatoms. The zero-order chi connectivity index (χ0) is 12.7. The number of ether oxygens (including phenoxy) is 1. The third-order valence-electron chi connectivity index (χ3n) is 3.34. The van der Waals surface area contributed by atoms with Gasteiger partial charge in [0, 0.05) is 32.2 Å². The van der Waals surface area contributed by atoms with Gasteiger partial charge in [-0.05, 0) is 25.7 Å². The molecular weight excluding hydrogens is 216 g/mol. The van der Waals surface area contributed by atoms with E-state index in [-0.39, 0.29) is 11.8 Å². The van der Waals surface area contributed by atoms with Crippen LogP contribution in [-0.2, 0) is 9.53 Å². The molecule has 0 aromatic carbocycles. The summed E-state index contributed by atoms with van der Waals surface area (Å²) in [7, 11) is 1.79. The molecule has 2 N–H and O–H groups in total. The Kier molecular flexibility index (Phi) is 6.52. The topological polar surface area (TPSA) is 50.4 Å². The van der Waals surface area contributed by atoms with E-state index < -0.39 is 0 Å². The van der Waals surface area contributed by atoms with Crippen LogP contribution < -0.4 is 10.6 Å². The molecule has 0 aliphatic heterocycles. The minimum atomic E-state index is 0.0718. The van der Waals surface area contributed by atoms with E-state index >= 15 is 0 Å². The Morgan fingerprint density at radius 2 is 2.12 bits per heavy atom. The first kappa shape index (κ1) is 14.5. The van der Waals surface area contributed by atoms with Gasteiger partial charge in [0.1, 0.15) is 0 Å². The van der Waals surface area contributed by atoms with Gasteiger partial charge < -0.3 is 15.4 Å². The summed E-state index contributed by atoms with van der Waals surface area (Å²) in [5.41, 5.74) is 0. The normalized spacial score (nSPS) is 24.9. The third-order valence-corrected chi connectivity index (χ3v) is 3.34. The summed E-state index contributed by atoms with van der Waals surface area (Å²) in [5, 5.41) is 6.40. The van der Waals surface area contributed by atoms with Crippen LogP contribution in [-0.4, -0.2) is 38.3 Å². The molecule has 1 rings (SSSR count). The van der Waals surface area contributed by atoms with Gasteiger partial charge in [-0.15, -0.1) is 0 Å². The second-order valence-corrected chi connectivity index (χ2v) is 5.12. The lowest BCUT2D eigenvalue weighted by atomic mass is 9.93. The lowest BCUT2D eigenvalue weighted by Gasteiger charge is -2.29. The molecule has 0 radical (unpaired) electrons. The smallest absolute Gasteiger partial charge is 0.222 e. The van der Waals surface area contributed by atoms with Crippen molar-refractivity contribution in [1.82, 2.24) is 10.6 Å². The number of amides is 1. The summed E-state index contributed by atoms with van der Waals surface area (Å²) in [6.07, 6.45) is 5.13. The molecule has 2 atom stereocenters. The van der Waals surface area contributed by atoms with E-state index in [1.807, 2.05) is 13.8 Å². The maximum absolute atomic E-state index is 11.3. The van der Waals surface area contributed by atoms with Crippen molar-refractivity contribution >= 4 is 5.91 Å². The predicted molar refractivity (Wildman–Crippen MR) is 68.9 cm³/mol. The predicted octanol–water partition coefficient (Wildman–Crippen LogP) is 1.31. The van der Waals surface area contributed by atoms with E-state index in [4.69, 9.17) is 4.74 Å². The van der Waals surface area contributed by atoms with Gasteiger partial charge in [0.05, 0.1) is 6.10 Å². The SMILES string of the molecule is COC1CCCC(NCCNC(=O)C(C)C)C1. The van der Waals surface area contributed by atoms with E-state index in [1.54, 1.807) is 7.11 Å². The summed E-state index contributed by atoms with van der Waals surface area (Å²) in [6, 6.07) is 0.546. The summed E-state index contributed by atoms with van der Waals surface area (Å²) in [4.78, 5) is 11.3. The van der Waals surface area contributed by atoms with Crippen LogP contribution in [0.25, 0.3) is 0 Å². The molecular formula is C13H26N2O2. The highest BCUT2D eigenvalue weighted by atomic mass is 16.5. The van der Waals surface area contributed by atoms with E-state index in [0.29, 0.717) is 18.7 Å². The molecule has 4 nitrogen and oxygen atoms in total. The van der Waals surface area contributed by atoms with Crippen LogP contribution in [0.2, 0.25) is 0 Å². The molecule has 1 amide bonds. The van der Waals surface area contributed by atoms with Crippen molar-refractivity contribution in [3.63, 3.8) is 0 Å². The van der Waals surface area contributed by atoms with Gasteiger partial charge in [0.15, 0.2) is 0 Å². The molecule has 2 unspecified atom stereocenters. The number of carbonyl (C=O) groups excluding carboxylic acids is 1. The Hall–Kier alpha value is -0.610. The van der Waals surface area contributed by atoms with Crippen LogP contribution in [0.1, 0.15) is 39.5 Å². The molecule has 0 aromatic rings. The van der Waals surface area contributed by atoms with Crippen molar-refractivity contribution in [3.05, 3.63) is 0 Å². The molecule has 1 fully saturated rings. The van der Waals surface area contributed by atoms with Crippen LogP contribution in [0.3, 0.4) is 0 Å².